The number of sulfonamides is 1. The zero-order valence-corrected chi connectivity index (χ0v) is 20.2. The molecule has 0 amide bonds. The van der Waals surface area contributed by atoms with Gasteiger partial charge in [0.2, 0.25) is 10.0 Å². The van der Waals surface area contributed by atoms with Gasteiger partial charge in [-0.15, -0.1) is 0 Å². The number of aryl methyl sites for hydroxylation is 1. The van der Waals surface area contributed by atoms with Gasteiger partial charge in [0.05, 0.1) is 10.4 Å². The molecule has 5 rings (SSSR count). The molecule has 2 heterocycles. The number of benzene rings is 3. The Morgan fingerprint density at radius 3 is 2.38 bits per heavy atom. The Labute approximate surface area is 200 Å². The maximum atomic E-state index is 13.4. The van der Waals surface area contributed by atoms with E-state index in [1.165, 1.54) is 0 Å². The van der Waals surface area contributed by atoms with Crippen LogP contribution in [0.1, 0.15) is 25.3 Å². The predicted octanol–water partition coefficient (Wildman–Crippen LogP) is 5.77. The predicted molar refractivity (Wildman–Crippen MR) is 137 cm³/mol. The molecule has 0 saturated carbocycles. The van der Waals surface area contributed by atoms with Gasteiger partial charge in [-0.2, -0.15) is 4.31 Å². The van der Waals surface area contributed by atoms with Crippen LogP contribution in [0.2, 0.25) is 0 Å². The minimum atomic E-state index is -3.56. The summed E-state index contributed by atoms with van der Waals surface area (Å²) in [6.45, 7) is 5.15. The SMILES string of the molecule is Cc1ccc(Nc2nc(-c3ccccc3)nc3ccccc23)cc1S(=O)(=O)N1CCC(C)CC1. The number of nitrogens with zero attached hydrogens (tertiary/aromatic N) is 3. The third kappa shape index (κ3) is 4.41. The number of hydrogen-bond donors (Lipinski definition) is 1. The molecular weight excluding hydrogens is 444 g/mol. The molecule has 1 aromatic heterocycles. The molecule has 1 aliphatic rings. The second-order valence-electron chi connectivity index (χ2n) is 8.97. The molecule has 34 heavy (non-hydrogen) atoms. The zero-order valence-electron chi connectivity index (χ0n) is 19.4. The summed E-state index contributed by atoms with van der Waals surface area (Å²) in [6.07, 6.45) is 1.79. The molecule has 0 radical (unpaired) electrons. The van der Waals surface area contributed by atoms with Gasteiger partial charge in [0.25, 0.3) is 0 Å². The molecule has 6 nitrogen and oxygen atoms in total. The monoisotopic (exact) mass is 472 g/mol. The van der Waals surface area contributed by atoms with Gasteiger partial charge < -0.3 is 5.32 Å². The second kappa shape index (κ2) is 9.16. The summed E-state index contributed by atoms with van der Waals surface area (Å²) in [5.41, 5.74) is 3.16. The lowest BCUT2D eigenvalue weighted by atomic mass is 10.0. The van der Waals surface area contributed by atoms with Crippen molar-refractivity contribution in [2.75, 3.05) is 18.4 Å². The molecule has 4 aromatic rings. The highest BCUT2D eigenvalue weighted by molar-refractivity contribution is 7.89. The number of fused-ring (bicyclic) bond motifs is 1. The van der Waals surface area contributed by atoms with Gasteiger partial charge in [0, 0.05) is 29.7 Å². The fourth-order valence-corrected chi connectivity index (χ4v) is 6.07. The Hall–Kier alpha value is -3.29. The Morgan fingerprint density at radius 1 is 0.912 bits per heavy atom. The number of nitrogens with one attached hydrogen (secondary N) is 1. The van der Waals surface area contributed by atoms with E-state index in [-0.39, 0.29) is 0 Å². The fourth-order valence-electron chi connectivity index (χ4n) is 4.35. The van der Waals surface area contributed by atoms with Gasteiger partial charge in [-0.05, 0) is 55.5 Å². The molecule has 0 bridgehead atoms. The van der Waals surface area contributed by atoms with Crippen LogP contribution in [0.25, 0.3) is 22.3 Å². The maximum Gasteiger partial charge on any atom is 0.243 e. The molecule has 174 valence electrons. The lowest BCUT2D eigenvalue weighted by molar-refractivity contribution is 0.288. The highest BCUT2D eigenvalue weighted by Crippen LogP contribution is 2.31. The van der Waals surface area contributed by atoms with Crippen molar-refractivity contribution in [3.63, 3.8) is 0 Å². The quantitative estimate of drug-likeness (QED) is 0.399. The Kier molecular flexibility index (Phi) is 6.06. The smallest absolute Gasteiger partial charge is 0.243 e. The van der Waals surface area contributed by atoms with Crippen molar-refractivity contribution in [3.05, 3.63) is 78.4 Å². The lowest BCUT2D eigenvalue weighted by Crippen LogP contribution is -2.38. The number of piperidine rings is 1. The molecule has 0 atom stereocenters. The van der Waals surface area contributed by atoms with Crippen LogP contribution in [0.4, 0.5) is 11.5 Å². The fraction of sp³-hybridized carbons (Fsp3) is 0.259. The molecule has 1 N–H and O–H groups in total. The largest absolute Gasteiger partial charge is 0.340 e. The summed E-state index contributed by atoms with van der Waals surface area (Å²) in [4.78, 5) is 9.87. The van der Waals surface area contributed by atoms with Gasteiger partial charge in [-0.25, -0.2) is 18.4 Å². The first-order valence-corrected chi connectivity index (χ1v) is 13.1. The van der Waals surface area contributed by atoms with Gasteiger partial charge in [-0.1, -0.05) is 55.5 Å². The van der Waals surface area contributed by atoms with E-state index in [2.05, 4.69) is 12.2 Å². The van der Waals surface area contributed by atoms with Crippen molar-refractivity contribution in [1.82, 2.24) is 14.3 Å². The Balaban J connectivity index is 1.53. The van der Waals surface area contributed by atoms with Crippen molar-refractivity contribution in [1.29, 1.82) is 0 Å². The van der Waals surface area contributed by atoms with E-state index in [4.69, 9.17) is 9.97 Å². The van der Waals surface area contributed by atoms with Crippen LogP contribution in [-0.2, 0) is 10.0 Å². The first-order chi connectivity index (χ1) is 16.4. The number of hydrogen-bond acceptors (Lipinski definition) is 5. The van der Waals surface area contributed by atoms with Crippen LogP contribution >= 0.6 is 0 Å². The van der Waals surface area contributed by atoms with E-state index in [9.17, 15) is 8.42 Å². The van der Waals surface area contributed by atoms with E-state index >= 15 is 0 Å². The van der Waals surface area contributed by atoms with E-state index in [0.717, 1.165) is 34.9 Å². The van der Waals surface area contributed by atoms with Crippen molar-refractivity contribution in [3.8, 4) is 11.4 Å². The number of para-hydroxylation sites is 1. The average Bonchev–Trinajstić information content (AvgIpc) is 2.86. The molecular formula is C27H28N4O2S. The molecule has 7 heteroatoms. The molecule has 0 aliphatic carbocycles. The number of anilines is 2. The summed E-state index contributed by atoms with van der Waals surface area (Å²) in [6, 6.07) is 23.1. The first-order valence-electron chi connectivity index (χ1n) is 11.6. The Bertz CT molecular complexity index is 1430. The summed E-state index contributed by atoms with van der Waals surface area (Å²) >= 11 is 0. The van der Waals surface area contributed by atoms with Gasteiger partial charge in [0.1, 0.15) is 5.82 Å². The highest BCUT2D eigenvalue weighted by Gasteiger charge is 2.29. The Morgan fingerprint density at radius 2 is 1.62 bits per heavy atom. The average molecular weight is 473 g/mol. The highest BCUT2D eigenvalue weighted by atomic mass is 32.2. The topological polar surface area (TPSA) is 75.2 Å². The van der Waals surface area contributed by atoms with Crippen molar-refractivity contribution < 1.29 is 8.42 Å². The van der Waals surface area contributed by atoms with Crippen LogP contribution in [0.5, 0.6) is 0 Å². The number of rotatable bonds is 5. The number of aromatic nitrogens is 2. The van der Waals surface area contributed by atoms with E-state index in [1.54, 1.807) is 10.4 Å². The summed E-state index contributed by atoms with van der Waals surface area (Å²) in [5, 5.41) is 4.25. The second-order valence-corrected chi connectivity index (χ2v) is 10.9. The summed E-state index contributed by atoms with van der Waals surface area (Å²) in [5.74, 6) is 1.82. The van der Waals surface area contributed by atoms with Crippen LogP contribution in [0.15, 0.2) is 77.7 Å². The van der Waals surface area contributed by atoms with Gasteiger partial charge in [0.15, 0.2) is 5.82 Å². The normalized spacial score (nSPS) is 15.5. The van der Waals surface area contributed by atoms with E-state index in [1.807, 2.05) is 73.7 Å². The first kappa shape index (κ1) is 22.5. The summed E-state index contributed by atoms with van der Waals surface area (Å²) < 4.78 is 28.5. The van der Waals surface area contributed by atoms with E-state index in [0.29, 0.717) is 41.2 Å². The molecule has 0 unspecified atom stereocenters. The van der Waals surface area contributed by atoms with Crippen molar-refractivity contribution in [2.45, 2.75) is 31.6 Å². The minimum Gasteiger partial charge on any atom is -0.340 e. The van der Waals surface area contributed by atoms with Crippen molar-refractivity contribution in [2.24, 2.45) is 5.92 Å². The summed E-state index contributed by atoms with van der Waals surface area (Å²) in [7, 11) is -3.56. The van der Waals surface area contributed by atoms with E-state index < -0.39 is 10.0 Å². The molecule has 3 aromatic carbocycles. The standard InChI is InChI=1S/C27H28N4O2S/c1-19-14-16-31(17-15-19)34(32,33)25-18-22(13-12-20(25)2)28-27-23-10-6-7-11-24(23)29-26(30-27)21-8-4-3-5-9-21/h3-13,18-19H,14-17H2,1-2H3,(H,28,29,30). The third-order valence-corrected chi connectivity index (χ3v) is 8.49. The minimum absolute atomic E-state index is 0.341. The van der Waals surface area contributed by atoms with Crippen LogP contribution in [-0.4, -0.2) is 35.8 Å². The molecule has 1 fully saturated rings. The zero-order chi connectivity index (χ0) is 23.7. The maximum absolute atomic E-state index is 13.4. The van der Waals surface area contributed by atoms with Gasteiger partial charge >= 0.3 is 0 Å². The molecule has 0 spiro atoms. The third-order valence-electron chi connectivity index (χ3n) is 6.45. The molecule has 1 saturated heterocycles. The van der Waals surface area contributed by atoms with Crippen molar-refractivity contribution >= 4 is 32.4 Å². The van der Waals surface area contributed by atoms with Gasteiger partial charge in [-0.3, -0.25) is 0 Å². The van der Waals surface area contributed by atoms with Crippen LogP contribution < -0.4 is 5.32 Å². The van der Waals surface area contributed by atoms with Crippen LogP contribution in [0, 0.1) is 12.8 Å². The lowest BCUT2D eigenvalue weighted by Gasteiger charge is -2.30. The van der Waals surface area contributed by atoms with Crippen LogP contribution in [0.3, 0.4) is 0 Å². The molecule has 1 aliphatic heterocycles.